The van der Waals surface area contributed by atoms with E-state index in [-0.39, 0.29) is 11.3 Å². The number of para-hydroxylation sites is 1. The number of hydrogen-bond acceptors (Lipinski definition) is 5. The quantitative estimate of drug-likeness (QED) is 0.339. The molecule has 0 aliphatic carbocycles. The van der Waals surface area contributed by atoms with Crippen molar-refractivity contribution in [1.29, 1.82) is 0 Å². The highest BCUT2D eigenvalue weighted by Crippen LogP contribution is 2.28. The number of halogens is 1. The Balaban J connectivity index is 1.64. The molecule has 1 amide bonds. The number of nitro groups is 1. The van der Waals surface area contributed by atoms with Gasteiger partial charge < -0.3 is 9.73 Å². The third-order valence-corrected chi connectivity index (χ3v) is 4.56. The van der Waals surface area contributed by atoms with Crippen LogP contribution in [0.3, 0.4) is 0 Å². The van der Waals surface area contributed by atoms with E-state index in [2.05, 4.69) is 26.2 Å². The molecule has 1 heterocycles. The molecule has 4 aromatic rings. The van der Waals surface area contributed by atoms with Crippen molar-refractivity contribution >= 4 is 44.3 Å². The summed E-state index contributed by atoms with van der Waals surface area (Å²) in [5.74, 6) is -0.110. The summed E-state index contributed by atoms with van der Waals surface area (Å²) in [6, 6.07) is 18.4. The normalized spacial score (nSPS) is 10.8. The van der Waals surface area contributed by atoms with Crippen LogP contribution >= 0.6 is 15.9 Å². The maximum atomic E-state index is 12.5. The third-order valence-electron chi connectivity index (χ3n) is 4.06. The van der Waals surface area contributed by atoms with Crippen molar-refractivity contribution in [2.75, 3.05) is 5.32 Å². The second-order valence-corrected chi connectivity index (χ2v) is 6.86. The number of aromatic nitrogens is 1. The zero-order valence-corrected chi connectivity index (χ0v) is 15.8. The lowest BCUT2D eigenvalue weighted by molar-refractivity contribution is -0.385. The number of nitro benzene ring substituents is 1. The lowest BCUT2D eigenvalue weighted by Gasteiger charge is -2.05. The van der Waals surface area contributed by atoms with Crippen LogP contribution in [0, 0.1) is 10.1 Å². The molecule has 28 heavy (non-hydrogen) atoms. The van der Waals surface area contributed by atoms with E-state index in [9.17, 15) is 14.9 Å². The van der Waals surface area contributed by atoms with Gasteiger partial charge in [-0.25, -0.2) is 4.98 Å². The first-order valence-electron chi connectivity index (χ1n) is 8.22. The van der Waals surface area contributed by atoms with Gasteiger partial charge in [0.1, 0.15) is 11.1 Å². The predicted octanol–water partition coefficient (Wildman–Crippen LogP) is 5.42. The summed E-state index contributed by atoms with van der Waals surface area (Å²) in [6.45, 7) is 0. The number of carbonyl (C=O) groups is 1. The molecule has 0 unspecified atom stereocenters. The van der Waals surface area contributed by atoms with Gasteiger partial charge in [0.15, 0.2) is 5.58 Å². The fourth-order valence-electron chi connectivity index (χ4n) is 2.77. The van der Waals surface area contributed by atoms with E-state index in [1.54, 1.807) is 24.3 Å². The molecule has 8 heteroatoms. The Bertz CT molecular complexity index is 1220. The van der Waals surface area contributed by atoms with Gasteiger partial charge in [-0.3, -0.25) is 14.9 Å². The summed E-state index contributed by atoms with van der Waals surface area (Å²) in [6.07, 6.45) is 0. The summed E-state index contributed by atoms with van der Waals surface area (Å²) < 4.78 is 6.68. The van der Waals surface area contributed by atoms with Crippen molar-refractivity contribution in [1.82, 2.24) is 4.98 Å². The van der Waals surface area contributed by atoms with Gasteiger partial charge in [-0.1, -0.05) is 34.1 Å². The van der Waals surface area contributed by atoms with E-state index >= 15 is 0 Å². The molecule has 0 radical (unpaired) electrons. The first-order chi connectivity index (χ1) is 13.5. The number of carbonyl (C=O) groups excluding carboxylic acids is 1. The molecule has 0 saturated heterocycles. The fourth-order valence-corrected chi connectivity index (χ4v) is 3.17. The van der Waals surface area contributed by atoms with E-state index in [4.69, 9.17) is 4.42 Å². The van der Waals surface area contributed by atoms with Gasteiger partial charge in [0.25, 0.3) is 11.6 Å². The fraction of sp³-hybridized carbons (Fsp3) is 0. The maximum absolute atomic E-state index is 12.5. The second kappa shape index (κ2) is 7.24. The summed E-state index contributed by atoms with van der Waals surface area (Å²) >= 11 is 3.42. The first-order valence-corrected chi connectivity index (χ1v) is 9.02. The minimum atomic E-state index is -0.583. The molecule has 4 rings (SSSR count). The van der Waals surface area contributed by atoms with Crippen molar-refractivity contribution in [3.63, 3.8) is 0 Å². The molecule has 0 fully saturated rings. The van der Waals surface area contributed by atoms with Crippen LogP contribution in [-0.2, 0) is 0 Å². The third kappa shape index (κ3) is 3.49. The topological polar surface area (TPSA) is 98.3 Å². The lowest BCUT2D eigenvalue weighted by atomic mass is 10.1. The van der Waals surface area contributed by atoms with Crippen molar-refractivity contribution in [2.24, 2.45) is 0 Å². The largest absolute Gasteiger partial charge is 0.436 e. The maximum Gasteiger partial charge on any atom is 0.282 e. The van der Waals surface area contributed by atoms with Crippen molar-refractivity contribution in [3.8, 4) is 11.5 Å². The van der Waals surface area contributed by atoms with Crippen LogP contribution in [0.5, 0.6) is 0 Å². The van der Waals surface area contributed by atoms with Gasteiger partial charge in [-0.2, -0.15) is 0 Å². The van der Waals surface area contributed by atoms with Crippen molar-refractivity contribution in [2.45, 2.75) is 0 Å². The van der Waals surface area contributed by atoms with Crippen LogP contribution < -0.4 is 5.32 Å². The van der Waals surface area contributed by atoms with Crippen molar-refractivity contribution in [3.05, 3.63) is 86.9 Å². The highest BCUT2D eigenvalue weighted by molar-refractivity contribution is 9.10. The molecule has 0 aliphatic heterocycles. The molecular formula is C20H12BrN3O4. The lowest BCUT2D eigenvalue weighted by Crippen LogP contribution is -2.13. The van der Waals surface area contributed by atoms with Crippen LogP contribution in [0.1, 0.15) is 10.4 Å². The zero-order chi connectivity index (χ0) is 19.7. The number of oxazole rings is 1. The number of rotatable bonds is 4. The Hall–Kier alpha value is -3.52. The molecule has 0 spiro atoms. The molecule has 1 N–H and O–H groups in total. The van der Waals surface area contributed by atoms with E-state index in [1.165, 1.54) is 18.2 Å². The van der Waals surface area contributed by atoms with E-state index in [1.807, 2.05) is 24.3 Å². The molecule has 0 saturated carbocycles. The highest BCUT2D eigenvalue weighted by Gasteiger charge is 2.19. The smallest absolute Gasteiger partial charge is 0.282 e. The van der Waals surface area contributed by atoms with Gasteiger partial charge in [0, 0.05) is 21.8 Å². The highest BCUT2D eigenvalue weighted by atomic mass is 79.9. The minimum Gasteiger partial charge on any atom is -0.436 e. The predicted molar refractivity (Wildman–Crippen MR) is 108 cm³/mol. The number of anilines is 1. The Kier molecular flexibility index (Phi) is 4.62. The van der Waals surface area contributed by atoms with Gasteiger partial charge in [0.05, 0.1) is 4.92 Å². The number of amides is 1. The summed E-state index contributed by atoms with van der Waals surface area (Å²) in [5.41, 5.74) is 2.15. The summed E-state index contributed by atoms with van der Waals surface area (Å²) in [5, 5.41) is 13.8. The Morgan fingerprint density at radius 1 is 1.07 bits per heavy atom. The molecular weight excluding hydrogens is 426 g/mol. The molecule has 0 atom stereocenters. The molecule has 0 aliphatic rings. The Morgan fingerprint density at radius 3 is 2.68 bits per heavy atom. The second-order valence-electron chi connectivity index (χ2n) is 5.94. The standard InChI is InChI=1S/C20H12BrN3O4/c21-13-5-3-4-12(10-13)20-23-16-11-14(8-9-18(16)28-20)22-19(25)15-6-1-2-7-17(15)24(26)27/h1-11H,(H,22,25). The van der Waals surface area contributed by atoms with Crippen LogP contribution in [-0.4, -0.2) is 15.8 Å². The number of nitrogens with one attached hydrogen (secondary N) is 1. The Morgan fingerprint density at radius 2 is 1.89 bits per heavy atom. The van der Waals surface area contributed by atoms with Gasteiger partial charge >= 0.3 is 0 Å². The van der Waals surface area contributed by atoms with E-state index in [0.717, 1.165) is 10.0 Å². The molecule has 138 valence electrons. The monoisotopic (exact) mass is 437 g/mol. The van der Waals surface area contributed by atoms with Gasteiger partial charge in [-0.05, 0) is 42.5 Å². The molecule has 1 aromatic heterocycles. The number of nitrogens with zero attached hydrogens (tertiary/aromatic N) is 2. The molecule has 0 bridgehead atoms. The van der Waals surface area contributed by atoms with E-state index < -0.39 is 10.8 Å². The van der Waals surface area contributed by atoms with Crippen molar-refractivity contribution < 1.29 is 14.1 Å². The first kappa shape index (κ1) is 17.9. The van der Waals surface area contributed by atoms with Crippen LogP contribution in [0.25, 0.3) is 22.6 Å². The average Bonchev–Trinajstić information content (AvgIpc) is 3.11. The number of benzene rings is 3. The summed E-state index contributed by atoms with van der Waals surface area (Å²) in [7, 11) is 0. The molecule has 7 nitrogen and oxygen atoms in total. The van der Waals surface area contributed by atoms with E-state index in [0.29, 0.717) is 22.7 Å². The Labute approximate surface area is 167 Å². The van der Waals surface area contributed by atoms with Gasteiger partial charge in [0.2, 0.25) is 5.89 Å². The van der Waals surface area contributed by atoms with Crippen LogP contribution in [0.4, 0.5) is 11.4 Å². The van der Waals surface area contributed by atoms with Crippen LogP contribution in [0.15, 0.2) is 75.6 Å². The number of fused-ring (bicyclic) bond motifs is 1. The average molecular weight is 438 g/mol. The SMILES string of the molecule is O=C(Nc1ccc2oc(-c3cccc(Br)c3)nc2c1)c1ccccc1[N+](=O)[O-]. The van der Waals surface area contributed by atoms with Crippen LogP contribution in [0.2, 0.25) is 0 Å². The minimum absolute atomic E-state index is 0.0115. The number of hydrogen-bond donors (Lipinski definition) is 1. The zero-order valence-electron chi connectivity index (χ0n) is 14.3. The van der Waals surface area contributed by atoms with Gasteiger partial charge in [-0.15, -0.1) is 0 Å². The summed E-state index contributed by atoms with van der Waals surface area (Å²) in [4.78, 5) is 27.5. The molecule has 3 aromatic carbocycles.